The van der Waals surface area contributed by atoms with Crippen LogP contribution in [0.1, 0.15) is 33.1 Å². The summed E-state index contributed by atoms with van der Waals surface area (Å²) in [6.45, 7) is 4.48. The van der Waals surface area contributed by atoms with Gasteiger partial charge in [-0.3, -0.25) is 10.1 Å². The molecule has 0 amide bonds. The molecule has 15 heavy (non-hydrogen) atoms. The fourth-order valence-electron chi connectivity index (χ4n) is 2.11. The van der Waals surface area contributed by atoms with Gasteiger partial charge >= 0.3 is 5.97 Å². The van der Waals surface area contributed by atoms with Gasteiger partial charge in [-0.1, -0.05) is 6.92 Å². The fourth-order valence-corrected chi connectivity index (χ4v) is 3.47. The van der Waals surface area contributed by atoms with Gasteiger partial charge in [-0.25, -0.2) is 0 Å². The molecule has 2 atom stereocenters. The van der Waals surface area contributed by atoms with Crippen molar-refractivity contribution >= 4 is 17.7 Å². The van der Waals surface area contributed by atoms with Gasteiger partial charge in [-0.15, -0.1) is 0 Å². The molecule has 2 aliphatic rings. The quantitative estimate of drug-likeness (QED) is 0.743. The Bertz CT molecular complexity index is 255. The molecule has 1 aliphatic heterocycles. The van der Waals surface area contributed by atoms with Gasteiger partial charge in [0, 0.05) is 11.3 Å². The predicted molar refractivity (Wildman–Crippen MR) is 62.1 cm³/mol. The number of rotatable bonds is 4. The van der Waals surface area contributed by atoms with Crippen molar-refractivity contribution in [2.45, 2.75) is 49.9 Å². The third-order valence-corrected chi connectivity index (χ3v) is 4.58. The lowest BCUT2D eigenvalue weighted by Crippen LogP contribution is -2.57. The van der Waals surface area contributed by atoms with Crippen LogP contribution in [-0.2, 0) is 9.53 Å². The van der Waals surface area contributed by atoms with Crippen LogP contribution in [0, 0.1) is 0 Å². The lowest BCUT2D eigenvalue weighted by Gasteiger charge is -2.31. The van der Waals surface area contributed by atoms with Gasteiger partial charge in [-0.2, -0.15) is 11.8 Å². The van der Waals surface area contributed by atoms with Crippen molar-refractivity contribution in [2.24, 2.45) is 0 Å². The average Bonchev–Trinajstić information content (AvgIpc) is 2.92. The van der Waals surface area contributed by atoms with E-state index in [1.54, 1.807) is 0 Å². The first-order chi connectivity index (χ1) is 7.19. The summed E-state index contributed by atoms with van der Waals surface area (Å²) in [5.74, 6) is 1.01. The molecule has 2 rings (SSSR count). The lowest BCUT2D eigenvalue weighted by molar-refractivity contribution is -0.151. The van der Waals surface area contributed by atoms with E-state index in [2.05, 4.69) is 12.2 Å². The molecule has 1 heterocycles. The average molecular weight is 229 g/mol. The van der Waals surface area contributed by atoms with Gasteiger partial charge in [0.25, 0.3) is 0 Å². The zero-order valence-corrected chi connectivity index (χ0v) is 10.2. The van der Waals surface area contributed by atoms with E-state index in [0.717, 1.165) is 12.2 Å². The highest BCUT2D eigenvalue weighted by Gasteiger charge is 2.50. The molecule has 1 N–H and O–H groups in total. The second kappa shape index (κ2) is 4.34. The maximum atomic E-state index is 12.0. The first-order valence-corrected chi connectivity index (χ1v) is 6.80. The SMILES string of the molecule is CCOC(=O)C1(NC2CC2)CCSC1C. The van der Waals surface area contributed by atoms with Crippen LogP contribution in [0.15, 0.2) is 0 Å². The molecular weight excluding hydrogens is 210 g/mol. The summed E-state index contributed by atoms with van der Waals surface area (Å²) in [7, 11) is 0. The second-order valence-corrected chi connectivity index (χ2v) is 5.82. The summed E-state index contributed by atoms with van der Waals surface area (Å²) >= 11 is 1.86. The maximum Gasteiger partial charge on any atom is 0.327 e. The topological polar surface area (TPSA) is 38.3 Å². The van der Waals surface area contributed by atoms with Crippen LogP contribution in [0.4, 0.5) is 0 Å². The highest BCUT2D eigenvalue weighted by molar-refractivity contribution is 8.00. The van der Waals surface area contributed by atoms with Crippen LogP contribution in [0.3, 0.4) is 0 Å². The normalized spacial score (nSPS) is 35.5. The number of carbonyl (C=O) groups excluding carboxylic acids is 1. The highest BCUT2D eigenvalue weighted by atomic mass is 32.2. The van der Waals surface area contributed by atoms with Crippen molar-refractivity contribution in [3.8, 4) is 0 Å². The molecule has 1 saturated heterocycles. The molecule has 2 unspecified atom stereocenters. The number of esters is 1. The predicted octanol–water partition coefficient (Wildman–Crippen LogP) is 1.57. The minimum Gasteiger partial charge on any atom is -0.465 e. The van der Waals surface area contributed by atoms with Crippen molar-refractivity contribution in [2.75, 3.05) is 12.4 Å². The van der Waals surface area contributed by atoms with Gasteiger partial charge < -0.3 is 4.74 Å². The largest absolute Gasteiger partial charge is 0.465 e. The zero-order valence-electron chi connectivity index (χ0n) is 9.41. The summed E-state index contributed by atoms with van der Waals surface area (Å²) in [5.41, 5.74) is -0.401. The monoisotopic (exact) mass is 229 g/mol. The summed E-state index contributed by atoms with van der Waals surface area (Å²) in [6.07, 6.45) is 3.32. The van der Waals surface area contributed by atoms with Crippen LogP contribution in [0.5, 0.6) is 0 Å². The van der Waals surface area contributed by atoms with Gasteiger partial charge in [0.1, 0.15) is 5.54 Å². The number of nitrogens with one attached hydrogen (secondary N) is 1. The Morgan fingerprint density at radius 2 is 2.33 bits per heavy atom. The Kier molecular flexibility index (Phi) is 3.26. The molecule has 1 saturated carbocycles. The molecule has 86 valence electrons. The first kappa shape index (κ1) is 11.3. The Labute approximate surface area is 95.3 Å². The minimum absolute atomic E-state index is 0.0469. The van der Waals surface area contributed by atoms with Crippen molar-refractivity contribution < 1.29 is 9.53 Å². The number of thioether (sulfide) groups is 1. The van der Waals surface area contributed by atoms with Crippen LogP contribution in [0.25, 0.3) is 0 Å². The van der Waals surface area contributed by atoms with Gasteiger partial charge in [0.2, 0.25) is 0 Å². The van der Waals surface area contributed by atoms with Crippen LogP contribution in [0.2, 0.25) is 0 Å². The minimum atomic E-state index is -0.401. The Hall–Kier alpha value is -0.220. The van der Waals surface area contributed by atoms with Crippen LogP contribution in [-0.4, -0.2) is 35.2 Å². The van der Waals surface area contributed by atoms with Gasteiger partial charge in [0.05, 0.1) is 6.61 Å². The standard InChI is InChI=1S/C11H19NO2S/c1-3-14-10(13)11(12-9-4-5-9)6-7-15-8(11)2/h8-9,12H,3-7H2,1-2H3. The van der Waals surface area contributed by atoms with E-state index in [4.69, 9.17) is 4.74 Å². The maximum absolute atomic E-state index is 12.0. The van der Waals surface area contributed by atoms with E-state index < -0.39 is 5.54 Å². The highest BCUT2D eigenvalue weighted by Crippen LogP contribution is 2.39. The smallest absolute Gasteiger partial charge is 0.327 e. The molecule has 4 heteroatoms. The summed E-state index contributed by atoms with van der Waals surface area (Å²) in [4.78, 5) is 12.0. The zero-order chi connectivity index (χ0) is 10.9. The molecule has 0 radical (unpaired) electrons. The van der Waals surface area contributed by atoms with E-state index in [1.165, 1.54) is 12.8 Å². The van der Waals surface area contributed by atoms with Crippen LogP contribution >= 0.6 is 11.8 Å². The van der Waals surface area contributed by atoms with Crippen LogP contribution < -0.4 is 5.32 Å². The number of ether oxygens (including phenoxy) is 1. The first-order valence-electron chi connectivity index (χ1n) is 5.75. The number of carbonyl (C=O) groups is 1. The molecule has 3 nitrogen and oxygen atoms in total. The van der Waals surface area contributed by atoms with Crippen molar-refractivity contribution in [3.05, 3.63) is 0 Å². The molecule has 1 aliphatic carbocycles. The van der Waals surface area contributed by atoms with Gasteiger partial charge in [0.15, 0.2) is 0 Å². The molecule has 0 aromatic rings. The van der Waals surface area contributed by atoms with E-state index in [0.29, 0.717) is 17.9 Å². The Morgan fingerprint density at radius 3 is 2.80 bits per heavy atom. The van der Waals surface area contributed by atoms with E-state index in [1.807, 2.05) is 18.7 Å². The molecule has 0 aromatic carbocycles. The molecule has 2 fully saturated rings. The molecule has 0 bridgehead atoms. The number of hydrogen-bond acceptors (Lipinski definition) is 4. The number of hydrogen-bond donors (Lipinski definition) is 1. The van der Waals surface area contributed by atoms with E-state index in [-0.39, 0.29) is 5.97 Å². The molecular formula is C11H19NO2S. The second-order valence-electron chi connectivity index (χ2n) is 4.37. The van der Waals surface area contributed by atoms with Crippen molar-refractivity contribution in [1.82, 2.24) is 5.32 Å². The Morgan fingerprint density at radius 1 is 1.60 bits per heavy atom. The van der Waals surface area contributed by atoms with Crippen molar-refractivity contribution in [1.29, 1.82) is 0 Å². The Balaban J connectivity index is 2.09. The summed E-state index contributed by atoms with van der Waals surface area (Å²) in [5, 5.41) is 3.84. The van der Waals surface area contributed by atoms with Crippen molar-refractivity contribution in [3.63, 3.8) is 0 Å². The summed E-state index contributed by atoms with van der Waals surface area (Å²) < 4.78 is 5.21. The van der Waals surface area contributed by atoms with E-state index in [9.17, 15) is 4.79 Å². The summed E-state index contributed by atoms with van der Waals surface area (Å²) in [6, 6.07) is 0.551. The third kappa shape index (κ3) is 2.16. The van der Waals surface area contributed by atoms with Gasteiger partial charge in [-0.05, 0) is 31.9 Å². The lowest BCUT2D eigenvalue weighted by atomic mass is 9.92. The van der Waals surface area contributed by atoms with E-state index >= 15 is 0 Å². The third-order valence-electron chi connectivity index (χ3n) is 3.24. The molecule has 0 aromatic heterocycles. The fraction of sp³-hybridized carbons (Fsp3) is 0.909. The molecule has 0 spiro atoms.